The molecule has 0 aromatic heterocycles. The molecular formula is C8H18N. The van der Waals surface area contributed by atoms with Crippen molar-refractivity contribution in [3.8, 4) is 0 Å². The summed E-state index contributed by atoms with van der Waals surface area (Å²) in [5, 5.41) is 0. The number of rotatable bonds is 4. The molecule has 55 valence electrons. The minimum atomic E-state index is 0.134. The first-order valence-corrected chi connectivity index (χ1v) is 3.93. The third-order valence-electron chi connectivity index (χ3n) is 1.89. The summed E-state index contributed by atoms with van der Waals surface area (Å²) in [5.41, 5.74) is 7.44. The summed E-state index contributed by atoms with van der Waals surface area (Å²) in [6.45, 7) is 6.35. The Morgan fingerprint density at radius 2 is 1.89 bits per heavy atom. The Balaban J connectivity index is 3.41. The fraction of sp³-hybridized carbons (Fsp3) is 1.00. The molecule has 2 atom stereocenters. The van der Waals surface area contributed by atoms with Gasteiger partial charge in [0.1, 0.15) is 0 Å². The SMILES string of the molecule is CCCC(CC)C(C)[NH]. The maximum atomic E-state index is 7.44. The lowest BCUT2D eigenvalue weighted by molar-refractivity contribution is 0.390. The number of nitrogens with one attached hydrogen (secondary N) is 1. The van der Waals surface area contributed by atoms with Gasteiger partial charge in [-0.15, -0.1) is 0 Å². The van der Waals surface area contributed by atoms with Gasteiger partial charge in [0.05, 0.1) is 0 Å². The van der Waals surface area contributed by atoms with Crippen molar-refractivity contribution in [2.75, 3.05) is 0 Å². The van der Waals surface area contributed by atoms with Crippen LogP contribution in [0.2, 0.25) is 0 Å². The van der Waals surface area contributed by atoms with Crippen molar-refractivity contribution in [2.24, 2.45) is 5.92 Å². The molecule has 0 bridgehead atoms. The molecule has 0 aromatic rings. The Morgan fingerprint density at radius 3 is 2.00 bits per heavy atom. The van der Waals surface area contributed by atoms with E-state index in [1.54, 1.807) is 0 Å². The zero-order valence-electron chi connectivity index (χ0n) is 6.78. The zero-order chi connectivity index (χ0) is 7.28. The summed E-state index contributed by atoms with van der Waals surface area (Å²) in [6, 6.07) is 0.134. The van der Waals surface area contributed by atoms with E-state index < -0.39 is 0 Å². The molecule has 1 radical (unpaired) electrons. The maximum absolute atomic E-state index is 7.44. The summed E-state index contributed by atoms with van der Waals surface area (Å²) in [4.78, 5) is 0. The first-order chi connectivity index (χ1) is 4.22. The average Bonchev–Trinajstić information content (AvgIpc) is 1.82. The number of hydrogen-bond donors (Lipinski definition) is 0. The molecule has 0 saturated carbocycles. The smallest absolute Gasteiger partial charge is 0.0212 e. The van der Waals surface area contributed by atoms with E-state index >= 15 is 0 Å². The molecule has 9 heavy (non-hydrogen) atoms. The van der Waals surface area contributed by atoms with Crippen LogP contribution in [0.5, 0.6) is 0 Å². The second kappa shape index (κ2) is 4.80. The van der Waals surface area contributed by atoms with Gasteiger partial charge in [-0.25, -0.2) is 0 Å². The first-order valence-electron chi connectivity index (χ1n) is 3.93. The van der Waals surface area contributed by atoms with E-state index in [1.807, 2.05) is 6.92 Å². The minimum Gasteiger partial charge on any atom is -0.255 e. The second-order valence-corrected chi connectivity index (χ2v) is 2.75. The maximum Gasteiger partial charge on any atom is 0.0212 e. The summed E-state index contributed by atoms with van der Waals surface area (Å²) < 4.78 is 0. The van der Waals surface area contributed by atoms with Crippen molar-refractivity contribution in [1.82, 2.24) is 5.73 Å². The van der Waals surface area contributed by atoms with E-state index in [4.69, 9.17) is 5.73 Å². The summed E-state index contributed by atoms with van der Waals surface area (Å²) in [7, 11) is 0. The standard InChI is InChI=1S/C8H18N/c1-4-6-8(5-2)7(3)9/h7-9H,4-6H2,1-3H3. The molecule has 0 aromatic carbocycles. The van der Waals surface area contributed by atoms with Gasteiger partial charge < -0.3 is 0 Å². The van der Waals surface area contributed by atoms with Crippen molar-refractivity contribution in [1.29, 1.82) is 0 Å². The normalized spacial score (nSPS) is 17.3. The molecule has 0 heterocycles. The molecule has 0 rings (SSSR count). The molecule has 1 N–H and O–H groups in total. The van der Waals surface area contributed by atoms with Gasteiger partial charge in [0, 0.05) is 6.04 Å². The van der Waals surface area contributed by atoms with Crippen molar-refractivity contribution >= 4 is 0 Å². The monoisotopic (exact) mass is 128 g/mol. The third-order valence-corrected chi connectivity index (χ3v) is 1.89. The van der Waals surface area contributed by atoms with Crippen LogP contribution in [0.1, 0.15) is 40.0 Å². The van der Waals surface area contributed by atoms with Crippen LogP contribution in [-0.2, 0) is 0 Å². The van der Waals surface area contributed by atoms with Gasteiger partial charge in [0.15, 0.2) is 0 Å². The Labute approximate surface area is 58.6 Å². The topological polar surface area (TPSA) is 23.8 Å². The molecule has 1 heteroatoms. The Morgan fingerprint density at radius 1 is 1.33 bits per heavy atom. The van der Waals surface area contributed by atoms with E-state index in [1.165, 1.54) is 19.3 Å². The fourth-order valence-corrected chi connectivity index (χ4v) is 1.18. The van der Waals surface area contributed by atoms with E-state index in [-0.39, 0.29) is 6.04 Å². The highest BCUT2D eigenvalue weighted by Crippen LogP contribution is 2.13. The third kappa shape index (κ3) is 3.52. The van der Waals surface area contributed by atoms with Crippen molar-refractivity contribution < 1.29 is 0 Å². The predicted octanol–water partition coefficient (Wildman–Crippen LogP) is 2.48. The average molecular weight is 128 g/mol. The first kappa shape index (κ1) is 8.96. The lowest BCUT2D eigenvalue weighted by Crippen LogP contribution is -2.16. The second-order valence-electron chi connectivity index (χ2n) is 2.75. The lowest BCUT2D eigenvalue weighted by atomic mass is 9.94. The van der Waals surface area contributed by atoms with Crippen LogP contribution in [0.3, 0.4) is 0 Å². The highest BCUT2D eigenvalue weighted by Gasteiger charge is 2.09. The molecule has 0 amide bonds. The Kier molecular flexibility index (Phi) is 4.78. The van der Waals surface area contributed by atoms with Gasteiger partial charge in [-0.05, 0) is 19.3 Å². The summed E-state index contributed by atoms with van der Waals surface area (Å²) in [5.74, 6) is 0.634. The van der Waals surface area contributed by atoms with Gasteiger partial charge in [0.2, 0.25) is 0 Å². The van der Waals surface area contributed by atoms with Crippen molar-refractivity contribution in [3.05, 3.63) is 0 Å². The molecule has 1 nitrogen and oxygen atoms in total. The van der Waals surface area contributed by atoms with Gasteiger partial charge in [-0.1, -0.05) is 26.7 Å². The minimum absolute atomic E-state index is 0.134. The summed E-state index contributed by atoms with van der Waals surface area (Å²) >= 11 is 0. The van der Waals surface area contributed by atoms with Crippen molar-refractivity contribution in [2.45, 2.75) is 46.1 Å². The van der Waals surface area contributed by atoms with E-state index in [2.05, 4.69) is 13.8 Å². The Bertz CT molecular complexity index is 59.6. The largest absolute Gasteiger partial charge is 0.255 e. The quantitative estimate of drug-likeness (QED) is 0.555. The van der Waals surface area contributed by atoms with Crippen LogP contribution in [0.4, 0.5) is 0 Å². The van der Waals surface area contributed by atoms with Gasteiger partial charge in [0.25, 0.3) is 0 Å². The lowest BCUT2D eigenvalue weighted by Gasteiger charge is -2.16. The molecule has 0 aliphatic rings. The van der Waals surface area contributed by atoms with E-state index in [9.17, 15) is 0 Å². The molecular weight excluding hydrogens is 110 g/mol. The fourth-order valence-electron chi connectivity index (χ4n) is 1.18. The van der Waals surface area contributed by atoms with Crippen LogP contribution in [0.25, 0.3) is 0 Å². The predicted molar refractivity (Wildman–Crippen MR) is 41.2 cm³/mol. The van der Waals surface area contributed by atoms with Crippen LogP contribution < -0.4 is 5.73 Å². The molecule has 0 saturated heterocycles. The highest BCUT2D eigenvalue weighted by atomic mass is 14.6. The van der Waals surface area contributed by atoms with E-state index in [0.29, 0.717) is 5.92 Å². The van der Waals surface area contributed by atoms with E-state index in [0.717, 1.165) is 0 Å². The van der Waals surface area contributed by atoms with Gasteiger partial charge in [-0.3, -0.25) is 5.73 Å². The van der Waals surface area contributed by atoms with Crippen molar-refractivity contribution in [3.63, 3.8) is 0 Å². The number of hydrogen-bond acceptors (Lipinski definition) is 0. The van der Waals surface area contributed by atoms with Gasteiger partial charge >= 0.3 is 0 Å². The highest BCUT2D eigenvalue weighted by molar-refractivity contribution is 4.64. The van der Waals surface area contributed by atoms with Crippen LogP contribution in [0, 0.1) is 5.92 Å². The van der Waals surface area contributed by atoms with Crippen LogP contribution in [-0.4, -0.2) is 6.04 Å². The van der Waals surface area contributed by atoms with Crippen LogP contribution in [0.15, 0.2) is 0 Å². The zero-order valence-corrected chi connectivity index (χ0v) is 6.78. The van der Waals surface area contributed by atoms with Crippen LogP contribution >= 0.6 is 0 Å². The molecule has 2 unspecified atom stereocenters. The summed E-state index contributed by atoms with van der Waals surface area (Å²) in [6.07, 6.45) is 3.61. The van der Waals surface area contributed by atoms with Gasteiger partial charge in [-0.2, -0.15) is 0 Å². The molecule has 0 aliphatic carbocycles. The molecule has 0 aliphatic heterocycles. The molecule has 0 fully saturated rings. The molecule has 0 spiro atoms. The Hall–Kier alpha value is -0.0400.